The maximum absolute atomic E-state index is 12.7. The lowest BCUT2D eigenvalue weighted by Crippen LogP contribution is -2.30. The van der Waals surface area contributed by atoms with Gasteiger partial charge in [0.15, 0.2) is 0 Å². The summed E-state index contributed by atoms with van der Waals surface area (Å²) in [6.45, 7) is 0. The highest BCUT2D eigenvalue weighted by Crippen LogP contribution is 2.36. The largest absolute Gasteiger partial charge is 0.335 e. The monoisotopic (exact) mass is 374 g/mol. The Morgan fingerprint density at radius 1 is 1.30 bits per heavy atom. The fourth-order valence-electron chi connectivity index (χ4n) is 3.07. The molecule has 0 aromatic heterocycles. The number of carbonyl (C=O) groups is 1. The highest BCUT2D eigenvalue weighted by molar-refractivity contribution is 9.10. The molecule has 0 spiro atoms. The Balaban J connectivity index is 1.89. The lowest BCUT2D eigenvalue weighted by atomic mass is 10.1. The molecule has 6 heteroatoms. The molecule has 0 fully saturated rings. The van der Waals surface area contributed by atoms with Gasteiger partial charge in [-0.1, -0.05) is 24.3 Å². The quantitative estimate of drug-likeness (QED) is 0.599. The van der Waals surface area contributed by atoms with Gasteiger partial charge in [0.05, 0.1) is 15.4 Å². The predicted molar refractivity (Wildman–Crippen MR) is 90.4 cm³/mol. The van der Waals surface area contributed by atoms with Crippen LogP contribution in [0.15, 0.2) is 46.9 Å². The predicted octanol–water partition coefficient (Wildman–Crippen LogP) is 4.12. The highest BCUT2D eigenvalue weighted by Gasteiger charge is 2.29. The van der Waals surface area contributed by atoms with Crippen LogP contribution < -0.4 is 0 Å². The summed E-state index contributed by atoms with van der Waals surface area (Å²) >= 11 is 3.14. The second-order valence-corrected chi connectivity index (χ2v) is 6.45. The van der Waals surface area contributed by atoms with Gasteiger partial charge in [0.25, 0.3) is 11.6 Å². The summed E-state index contributed by atoms with van der Waals surface area (Å²) < 4.78 is 0.368. The molecule has 0 saturated carbocycles. The van der Waals surface area contributed by atoms with E-state index >= 15 is 0 Å². The van der Waals surface area contributed by atoms with Crippen LogP contribution in [0, 0.1) is 10.1 Å². The number of nitro benzene ring substituents is 1. The number of hydrogen-bond acceptors (Lipinski definition) is 3. The van der Waals surface area contributed by atoms with Gasteiger partial charge in [0, 0.05) is 18.7 Å². The number of nitro groups is 1. The van der Waals surface area contributed by atoms with E-state index in [1.54, 1.807) is 24.1 Å². The van der Waals surface area contributed by atoms with Crippen LogP contribution >= 0.6 is 15.9 Å². The fraction of sp³-hybridized carbons (Fsp3) is 0.235. The number of nitrogens with zero attached hydrogens (tertiary/aromatic N) is 2. The van der Waals surface area contributed by atoms with Crippen LogP contribution in [0.3, 0.4) is 0 Å². The Bertz CT molecular complexity index is 791. The number of benzene rings is 2. The molecule has 2 aromatic rings. The van der Waals surface area contributed by atoms with Crippen molar-refractivity contribution in [2.24, 2.45) is 0 Å². The summed E-state index contributed by atoms with van der Waals surface area (Å²) in [5.74, 6) is -0.206. The van der Waals surface area contributed by atoms with E-state index in [2.05, 4.69) is 22.0 Å². The van der Waals surface area contributed by atoms with Crippen molar-refractivity contribution in [1.29, 1.82) is 0 Å². The molecule has 0 aliphatic heterocycles. The van der Waals surface area contributed by atoms with E-state index in [1.165, 1.54) is 11.6 Å². The number of amides is 1. The molecule has 0 N–H and O–H groups in total. The summed E-state index contributed by atoms with van der Waals surface area (Å²) in [6.07, 6.45) is 1.82. The Morgan fingerprint density at radius 3 is 2.78 bits per heavy atom. The highest BCUT2D eigenvalue weighted by atomic mass is 79.9. The molecular formula is C17H15BrN2O3. The first-order valence-corrected chi connectivity index (χ1v) is 8.07. The van der Waals surface area contributed by atoms with Crippen LogP contribution in [0.25, 0.3) is 0 Å². The van der Waals surface area contributed by atoms with E-state index in [9.17, 15) is 14.9 Å². The van der Waals surface area contributed by atoms with Crippen molar-refractivity contribution in [3.63, 3.8) is 0 Å². The Morgan fingerprint density at radius 2 is 2.04 bits per heavy atom. The molecule has 23 heavy (non-hydrogen) atoms. The lowest BCUT2D eigenvalue weighted by Gasteiger charge is -2.25. The maximum Gasteiger partial charge on any atom is 0.284 e. The van der Waals surface area contributed by atoms with Crippen molar-refractivity contribution in [3.05, 3.63) is 73.7 Å². The summed E-state index contributed by atoms with van der Waals surface area (Å²) in [6, 6.07) is 12.6. The summed E-state index contributed by atoms with van der Waals surface area (Å²) in [5, 5.41) is 11.0. The summed E-state index contributed by atoms with van der Waals surface area (Å²) in [7, 11) is 1.75. The van der Waals surface area contributed by atoms with Gasteiger partial charge in [-0.3, -0.25) is 14.9 Å². The first-order chi connectivity index (χ1) is 11.0. The van der Waals surface area contributed by atoms with Crippen LogP contribution in [-0.4, -0.2) is 22.8 Å². The number of hydrogen-bond donors (Lipinski definition) is 0. The molecule has 1 aliphatic rings. The molecule has 0 heterocycles. The summed E-state index contributed by atoms with van der Waals surface area (Å²) in [4.78, 5) is 24.9. The first-order valence-electron chi connectivity index (χ1n) is 7.28. The molecule has 2 aromatic carbocycles. The van der Waals surface area contributed by atoms with Crippen LogP contribution in [-0.2, 0) is 6.42 Å². The average Bonchev–Trinajstić information content (AvgIpc) is 2.97. The Labute approximate surface area is 142 Å². The van der Waals surface area contributed by atoms with Gasteiger partial charge in [-0.05, 0) is 52.0 Å². The van der Waals surface area contributed by atoms with E-state index < -0.39 is 4.92 Å². The molecule has 0 saturated heterocycles. The minimum atomic E-state index is -0.494. The second kappa shape index (κ2) is 6.12. The topological polar surface area (TPSA) is 63.5 Å². The lowest BCUT2D eigenvalue weighted by molar-refractivity contribution is -0.385. The van der Waals surface area contributed by atoms with Crippen molar-refractivity contribution in [3.8, 4) is 0 Å². The van der Waals surface area contributed by atoms with Crippen molar-refractivity contribution < 1.29 is 9.72 Å². The zero-order valence-corrected chi connectivity index (χ0v) is 14.1. The molecule has 118 valence electrons. The van der Waals surface area contributed by atoms with Crippen molar-refractivity contribution in [2.75, 3.05) is 7.05 Å². The summed E-state index contributed by atoms with van der Waals surface area (Å²) in [5.41, 5.74) is 2.65. The van der Waals surface area contributed by atoms with Crippen LogP contribution in [0.1, 0.15) is 33.9 Å². The van der Waals surface area contributed by atoms with Crippen LogP contribution in [0.4, 0.5) is 5.69 Å². The third kappa shape index (κ3) is 2.86. The van der Waals surface area contributed by atoms with Gasteiger partial charge in [0.2, 0.25) is 0 Å². The zero-order valence-electron chi connectivity index (χ0n) is 12.5. The van der Waals surface area contributed by atoms with E-state index in [-0.39, 0.29) is 17.6 Å². The van der Waals surface area contributed by atoms with Crippen molar-refractivity contribution in [1.82, 2.24) is 4.90 Å². The standard InChI is InChI=1S/C17H15BrN2O3/c1-19(15-9-7-11-4-2-3-5-13(11)15)17(21)12-6-8-14(18)16(10-12)20(22)23/h2-6,8,10,15H,7,9H2,1H3. The fourth-order valence-corrected chi connectivity index (χ4v) is 3.46. The minimum Gasteiger partial charge on any atom is -0.335 e. The maximum atomic E-state index is 12.7. The van der Waals surface area contributed by atoms with Crippen LogP contribution in [0.5, 0.6) is 0 Å². The Hall–Kier alpha value is -2.21. The molecule has 1 atom stereocenters. The van der Waals surface area contributed by atoms with Gasteiger partial charge < -0.3 is 4.90 Å². The number of rotatable bonds is 3. The second-order valence-electron chi connectivity index (χ2n) is 5.59. The van der Waals surface area contributed by atoms with Gasteiger partial charge in [-0.15, -0.1) is 0 Å². The third-order valence-electron chi connectivity index (χ3n) is 4.28. The number of halogens is 1. The number of aryl methyl sites for hydroxylation is 1. The molecule has 0 bridgehead atoms. The smallest absolute Gasteiger partial charge is 0.284 e. The average molecular weight is 375 g/mol. The number of fused-ring (bicyclic) bond motifs is 1. The van der Waals surface area contributed by atoms with Gasteiger partial charge in [0.1, 0.15) is 0 Å². The first kappa shape index (κ1) is 15.7. The van der Waals surface area contributed by atoms with Crippen molar-refractivity contribution >= 4 is 27.5 Å². The van der Waals surface area contributed by atoms with Gasteiger partial charge in [-0.25, -0.2) is 0 Å². The zero-order chi connectivity index (χ0) is 16.6. The normalized spacial score (nSPS) is 16.0. The molecular weight excluding hydrogens is 360 g/mol. The number of carbonyl (C=O) groups excluding carboxylic acids is 1. The molecule has 3 rings (SSSR count). The molecule has 5 nitrogen and oxygen atoms in total. The van der Waals surface area contributed by atoms with E-state index in [4.69, 9.17) is 0 Å². The van der Waals surface area contributed by atoms with Crippen molar-refractivity contribution in [2.45, 2.75) is 18.9 Å². The molecule has 1 unspecified atom stereocenters. The SMILES string of the molecule is CN(C(=O)c1ccc(Br)c([N+](=O)[O-])c1)C1CCc2ccccc21. The van der Waals surface area contributed by atoms with Gasteiger partial charge >= 0.3 is 0 Å². The Kier molecular flexibility index (Phi) is 4.17. The molecule has 0 radical (unpaired) electrons. The molecule has 1 amide bonds. The van der Waals surface area contributed by atoms with Gasteiger partial charge in [-0.2, -0.15) is 0 Å². The van der Waals surface area contributed by atoms with E-state index in [1.807, 2.05) is 18.2 Å². The minimum absolute atomic E-state index is 0.0152. The van der Waals surface area contributed by atoms with E-state index in [0.29, 0.717) is 10.0 Å². The van der Waals surface area contributed by atoms with E-state index in [0.717, 1.165) is 18.4 Å². The third-order valence-corrected chi connectivity index (χ3v) is 4.95. The van der Waals surface area contributed by atoms with Crippen LogP contribution in [0.2, 0.25) is 0 Å². The molecule has 1 aliphatic carbocycles.